The van der Waals surface area contributed by atoms with Gasteiger partial charge < -0.3 is 10.4 Å². The number of hydrogen-bond acceptors (Lipinski definition) is 3. The second kappa shape index (κ2) is 5.73. The van der Waals surface area contributed by atoms with Gasteiger partial charge in [0.25, 0.3) is 0 Å². The fourth-order valence-corrected chi connectivity index (χ4v) is 1.20. The molecule has 1 aromatic heterocycles. The topological polar surface area (TPSA) is 45.1 Å². The largest absolute Gasteiger partial charge is 0.391 e. The summed E-state index contributed by atoms with van der Waals surface area (Å²) in [6.07, 6.45) is 2.01. The molecule has 1 heterocycles. The minimum Gasteiger partial charge on any atom is -0.391 e. The smallest absolute Gasteiger partial charge is 0.0720 e. The second-order valence-electron chi connectivity index (χ2n) is 3.74. The molecule has 2 N–H and O–H groups in total. The molecule has 0 radical (unpaired) electrons. The van der Waals surface area contributed by atoms with Crippen LogP contribution in [0.4, 0.5) is 0 Å². The van der Waals surface area contributed by atoms with Crippen LogP contribution in [0.5, 0.6) is 0 Å². The zero-order valence-electron chi connectivity index (χ0n) is 8.77. The summed E-state index contributed by atoms with van der Waals surface area (Å²) in [4.78, 5) is 4.16. The van der Waals surface area contributed by atoms with Crippen molar-refractivity contribution >= 4 is 0 Å². The number of rotatable bonds is 5. The molecule has 1 unspecified atom stereocenters. The maximum Gasteiger partial charge on any atom is 0.0720 e. The minimum absolute atomic E-state index is 0.354. The van der Waals surface area contributed by atoms with Crippen molar-refractivity contribution in [2.24, 2.45) is 0 Å². The highest BCUT2D eigenvalue weighted by atomic mass is 16.3. The van der Waals surface area contributed by atoms with Crippen molar-refractivity contribution in [1.82, 2.24) is 10.3 Å². The maximum atomic E-state index is 9.65. The van der Waals surface area contributed by atoms with Gasteiger partial charge in [0, 0.05) is 30.9 Å². The summed E-state index contributed by atoms with van der Waals surface area (Å²) < 4.78 is 0. The van der Waals surface area contributed by atoms with E-state index in [9.17, 15) is 5.11 Å². The summed E-state index contributed by atoms with van der Waals surface area (Å²) in [6.45, 7) is 4.75. The fourth-order valence-electron chi connectivity index (χ4n) is 1.20. The van der Waals surface area contributed by atoms with Crippen molar-refractivity contribution < 1.29 is 5.11 Å². The van der Waals surface area contributed by atoms with Crippen molar-refractivity contribution in [1.29, 1.82) is 0 Å². The van der Waals surface area contributed by atoms with Gasteiger partial charge >= 0.3 is 0 Å². The van der Waals surface area contributed by atoms with E-state index < -0.39 is 0 Å². The molecular formula is C11H18N2O. The van der Waals surface area contributed by atoms with E-state index in [1.165, 1.54) is 0 Å². The lowest BCUT2D eigenvalue weighted by molar-refractivity contribution is 0.168. The number of pyridine rings is 1. The quantitative estimate of drug-likeness (QED) is 0.734. The zero-order valence-corrected chi connectivity index (χ0v) is 8.77. The van der Waals surface area contributed by atoms with Gasteiger partial charge in [-0.05, 0) is 12.1 Å². The van der Waals surface area contributed by atoms with E-state index >= 15 is 0 Å². The van der Waals surface area contributed by atoms with Crippen LogP contribution < -0.4 is 5.32 Å². The predicted octanol–water partition coefficient (Wildman–Crippen LogP) is 0.983. The number of nitrogens with zero attached hydrogens (tertiary/aromatic N) is 1. The molecule has 1 aromatic rings. The molecule has 3 heteroatoms. The van der Waals surface area contributed by atoms with Gasteiger partial charge in [0.2, 0.25) is 0 Å². The molecule has 0 fully saturated rings. The van der Waals surface area contributed by atoms with Crippen LogP contribution in [0.25, 0.3) is 0 Å². The SMILES string of the molecule is CC(C)NCC(O)Cc1ccccn1. The average molecular weight is 194 g/mol. The van der Waals surface area contributed by atoms with E-state index in [-0.39, 0.29) is 6.10 Å². The maximum absolute atomic E-state index is 9.65. The first-order chi connectivity index (χ1) is 6.68. The molecule has 14 heavy (non-hydrogen) atoms. The number of aromatic nitrogens is 1. The Morgan fingerprint density at radius 2 is 2.21 bits per heavy atom. The molecule has 3 nitrogen and oxygen atoms in total. The van der Waals surface area contributed by atoms with Crippen LogP contribution in [0.2, 0.25) is 0 Å². The first-order valence-corrected chi connectivity index (χ1v) is 5.00. The van der Waals surface area contributed by atoms with Gasteiger partial charge in [-0.2, -0.15) is 0 Å². The monoisotopic (exact) mass is 194 g/mol. The molecule has 0 aliphatic heterocycles. The van der Waals surface area contributed by atoms with Crippen LogP contribution in [-0.4, -0.2) is 28.8 Å². The van der Waals surface area contributed by atoms with E-state index in [0.29, 0.717) is 19.0 Å². The Kier molecular flexibility index (Phi) is 4.56. The molecule has 0 aliphatic rings. The molecule has 0 spiro atoms. The van der Waals surface area contributed by atoms with Gasteiger partial charge in [-0.3, -0.25) is 4.98 Å². The highest BCUT2D eigenvalue weighted by Gasteiger charge is 2.06. The van der Waals surface area contributed by atoms with E-state index in [1.807, 2.05) is 18.2 Å². The van der Waals surface area contributed by atoms with Gasteiger partial charge in [-0.25, -0.2) is 0 Å². The Morgan fingerprint density at radius 3 is 2.79 bits per heavy atom. The highest BCUT2D eigenvalue weighted by molar-refractivity contribution is 5.04. The van der Waals surface area contributed by atoms with Gasteiger partial charge in [-0.1, -0.05) is 19.9 Å². The van der Waals surface area contributed by atoms with Gasteiger partial charge in [-0.15, -0.1) is 0 Å². The van der Waals surface area contributed by atoms with Gasteiger partial charge in [0.1, 0.15) is 0 Å². The van der Waals surface area contributed by atoms with E-state index in [4.69, 9.17) is 0 Å². The number of aliphatic hydroxyl groups excluding tert-OH is 1. The number of hydrogen-bond donors (Lipinski definition) is 2. The number of aliphatic hydroxyl groups is 1. The zero-order chi connectivity index (χ0) is 10.4. The Hall–Kier alpha value is -0.930. The molecule has 0 aromatic carbocycles. The van der Waals surface area contributed by atoms with Crippen LogP contribution in [0.3, 0.4) is 0 Å². The molecule has 0 saturated carbocycles. The minimum atomic E-state index is -0.354. The predicted molar refractivity (Wildman–Crippen MR) is 57.1 cm³/mol. The molecule has 0 saturated heterocycles. The normalized spacial score (nSPS) is 13.1. The highest BCUT2D eigenvalue weighted by Crippen LogP contribution is 1.98. The third kappa shape index (κ3) is 4.35. The number of nitrogens with one attached hydrogen (secondary N) is 1. The van der Waals surface area contributed by atoms with Crippen molar-refractivity contribution in [3.8, 4) is 0 Å². The molecule has 0 aliphatic carbocycles. The Bertz CT molecular complexity index is 249. The average Bonchev–Trinajstić information content (AvgIpc) is 2.16. The third-order valence-electron chi connectivity index (χ3n) is 1.93. The summed E-state index contributed by atoms with van der Waals surface area (Å²) in [7, 11) is 0. The lowest BCUT2D eigenvalue weighted by atomic mass is 10.2. The Balaban J connectivity index is 2.30. The van der Waals surface area contributed by atoms with E-state index in [2.05, 4.69) is 24.1 Å². The van der Waals surface area contributed by atoms with E-state index in [0.717, 1.165) is 5.69 Å². The summed E-state index contributed by atoms with van der Waals surface area (Å²) in [6, 6.07) is 6.15. The van der Waals surface area contributed by atoms with Crippen LogP contribution >= 0.6 is 0 Å². The van der Waals surface area contributed by atoms with Crippen molar-refractivity contribution in [2.75, 3.05) is 6.54 Å². The standard InChI is InChI=1S/C11H18N2O/c1-9(2)13-8-11(14)7-10-5-3-4-6-12-10/h3-6,9,11,13-14H,7-8H2,1-2H3. The summed E-state index contributed by atoms with van der Waals surface area (Å²) in [5.74, 6) is 0. The summed E-state index contributed by atoms with van der Waals surface area (Å²) in [5, 5.41) is 12.8. The lowest BCUT2D eigenvalue weighted by Crippen LogP contribution is -2.33. The molecule has 1 atom stereocenters. The van der Waals surface area contributed by atoms with Crippen LogP contribution in [0, 0.1) is 0 Å². The first kappa shape index (κ1) is 11.1. The van der Waals surface area contributed by atoms with Crippen molar-refractivity contribution in [3.05, 3.63) is 30.1 Å². The lowest BCUT2D eigenvalue weighted by Gasteiger charge is -2.13. The third-order valence-corrected chi connectivity index (χ3v) is 1.93. The summed E-state index contributed by atoms with van der Waals surface area (Å²) in [5.41, 5.74) is 0.936. The van der Waals surface area contributed by atoms with Crippen molar-refractivity contribution in [2.45, 2.75) is 32.4 Å². The van der Waals surface area contributed by atoms with Crippen LogP contribution in [0.15, 0.2) is 24.4 Å². The first-order valence-electron chi connectivity index (χ1n) is 5.00. The van der Waals surface area contributed by atoms with Crippen molar-refractivity contribution in [3.63, 3.8) is 0 Å². The Labute approximate surface area is 85.2 Å². The summed E-state index contributed by atoms with van der Waals surface area (Å²) >= 11 is 0. The van der Waals surface area contributed by atoms with Crippen LogP contribution in [-0.2, 0) is 6.42 Å². The second-order valence-corrected chi connectivity index (χ2v) is 3.74. The molecular weight excluding hydrogens is 176 g/mol. The molecule has 0 amide bonds. The van der Waals surface area contributed by atoms with E-state index in [1.54, 1.807) is 6.20 Å². The molecule has 1 rings (SSSR count). The van der Waals surface area contributed by atoms with Crippen LogP contribution in [0.1, 0.15) is 19.5 Å². The van der Waals surface area contributed by atoms with Gasteiger partial charge in [0.05, 0.1) is 6.10 Å². The molecule has 0 bridgehead atoms. The van der Waals surface area contributed by atoms with Gasteiger partial charge in [0.15, 0.2) is 0 Å². The fraction of sp³-hybridized carbons (Fsp3) is 0.545. The molecule has 78 valence electrons. The Morgan fingerprint density at radius 1 is 1.43 bits per heavy atom.